The van der Waals surface area contributed by atoms with Gasteiger partial charge >= 0.3 is 0 Å². The number of aryl methyl sites for hydroxylation is 1. The molecule has 1 atom stereocenters. The zero-order chi connectivity index (χ0) is 25.4. The van der Waals surface area contributed by atoms with Gasteiger partial charge in [0, 0.05) is 5.69 Å². The molecule has 1 N–H and O–H groups in total. The molecule has 1 saturated carbocycles. The zero-order valence-corrected chi connectivity index (χ0v) is 21.7. The van der Waals surface area contributed by atoms with Crippen LogP contribution in [0.2, 0.25) is 0 Å². The monoisotopic (exact) mass is 476 g/mol. The molecule has 1 heterocycles. The summed E-state index contributed by atoms with van der Waals surface area (Å²) in [5.41, 5.74) is 5.09. The Hall–Kier alpha value is -3.15. The molecule has 0 saturated heterocycles. The minimum atomic E-state index is -0.558. The van der Waals surface area contributed by atoms with E-state index in [9.17, 15) is 9.70 Å². The summed E-state index contributed by atoms with van der Waals surface area (Å²) in [5.74, 6) is 1.55. The van der Waals surface area contributed by atoms with Crippen molar-refractivity contribution in [2.24, 2.45) is 16.5 Å². The van der Waals surface area contributed by atoms with Crippen molar-refractivity contribution in [3.63, 3.8) is 0 Å². The van der Waals surface area contributed by atoms with Crippen molar-refractivity contribution in [3.05, 3.63) is 63.7 Å². The molecule has 0 aromatic heterocycles. The van der Waals surface area contributed by atoms with Crippen molar-refractivity contribution in [2.75, 3.05) is 12.1 Å². The van der Waals surface area contributed by atoms with Crippen LogP contribution in [0.15, 0.2) is 41.7 Å². The van der Waals surface area contributed by atoms with Gasteiger partial charge in [-0.3, -0.25) is 4.79 Å². The van der Waals surface area contributed by atoms with Crippen molar-refractivity contribution in [1.29, 1.82) is 0 Å². The minimum Gasteiger partial charge on any atom is -0.454 e. The fourth-order valence-corrected chi connectivity index (χ4v) is 5.36. The number of nitrogens with zero attached hydrogens (tertiary/aromatic N) is 1. The van der Waals surface area contributed by atoms with Gasteiger partial charge in [-0.2, -0.15) is 0 Å². The van der Waals surface area contributed by atoms with Gasteiger partial charge < -0.3 is 14.8 Å². The molecule has 35 heavy (non-hydrogen) atoms. The Bertz CT molecular complexity index is 1170. The predicted molar refractivity (Wildman–Crippen MR) is 140 cm³/mol. The lowest BCUT2D eigenvalue weighted by atomic mass is 9.71. The third-order valence-corrected chi connectivity index (χ3v) is 7.51. The third kappa shape index (κ3) is 4.71. The van der Waals surface area contributed by atoms with Gasteiger partial charge in [-0.15, -0.1) is 4.91 Å². The lowest BCUT2D eigenvalue weighted by Gasteiger charge is -2.34. The summed E-state index contributed by atoms with van der Waals surface area (Å²) in [6.07, 6.45) is 5.01. The molecule has 186 valence electrons. The summed E-state index contributed by atoms with van der Waals surface area (Å²) >= 11 is 0. The van der Waals surface area contributed by atoms with Crippen molar-refractivity contribution in [3.8, 4) is 11.5 Å². The average molecular weight is 477 g/mol. The maximum atomic E-state index is 13.6. The molecule has 6 nitrogen and oxygen atoms in total. The number of hydrogen-bond acceptors (Lipinski definition) is 5. The number of hydrogen-bond donors (Lipinski definition) is 1. The Labute approximate surface area is 208 Å². The van der Waals surface area contributed by atoms with Crippen molar-refractivity contribution in [2.45, 2.75) is 72.6 Å². The smallest absolute Gasteiger partial charge is 0.235 e. The minimum absolute atomic E-state index is 0.0192. The largest absolute Gasteiger partial charge is 0.454 e. The first-order valence-electron chi connectivity index (χ1n) is 12.5. The second-order valence-electron chi connectivity index (χ2n) is 10.9. The molecule has 1 aliphatic heterocycles. The number of rotatable bonds is 8. The fourth-order valence-electron chi connectivity index (χ4n) is 5.36. The van der Waals surface area contributed by atoms with E-state index in [0.717, 1.165) is 59.2 Å². The first-order valence-corrected chi connectivity index (χ1v) is 12.5. The molecule has 6 heteroatoms. The molecule has 1 aliphatic carbocycles. The maximum absolute atomic E-state index is 13.6. The van der Waals surface area contributed by atoms with Crippen molar-refractivity contribution < 1.29 is 14.3 Å². The number of ether oxygens (including phenoxy) is 2. The van der Waals surface area contributed by atoms with E-state index < -0.39 is 5.41 Å². The molecule has 1 fully saturated rings. The number of nitroso groups, excluding NO2 is 1. The van der Waals surface area contributed by atoms with E-state index >= 15 is 0 Å². The molecule has 2 aromatic carbocycles. The molecular formula is C29H36N2O4. The number of amides is 1. The molecule has 0 spiro atoms. The van der Waals surface area contributed by atoms with E-state index in [1.807, 2.05) is 44.2 Å². The second kappa shape index (κ2) is 9.48. The van der Waals surface area contributed by atoms with E-state index in [0.29, 0.717) is 11.5 Å². The molecule has 1 unspecified atom stereocenters. The summed E-state index contributed by atoms with van der Waals surface area (Å²) in [4.78, 5) is 25.0. The van der Waals surface area contributed by atoms with Crippen molar-refractivity contribution in [1.82, 2.24) is 0 Å². The number of benzene rings is 2. The lowest BCUT2D eigenvalue weighted by Crippen LogP contribution is -2.28. The summed E-state index contributed by atoms with van der Waals surface area (Å²) in [6.45, 7) is 13.0. The molecular weight excluding hydrogens is 440 g/mol. The highest BCUT2D eigenvalue weighted by molar-refractivity contribution is 6.02. The van der Waals surface area contributed by atoms with E-state index in [4.69, 9.17) is 9.47 Å². The zero-order valence-electron chi connectivity index (χ0n) is 21.7. The van der Waals surface area contributed by atoms with Gasteiger partial charge in [0.15, 0.2) is 11.5 Å². The molecule has 4 rings (SSSR count). The van der Waals surface area contributed by atoms with Crippen LogP contribution in [0.1, 0.15) is 75.6 Å². The van der Waals surface area contributed by atoms with Crippen LogP contribution in [0, 0.1) is 30.1 Å². The number of nitrogens with one attached hydrogen (secondary N) is 1. The Balaban J connectivity index is 1.68. The fraction of sp³-hybridized carbons (Fsp3) is 0.483. The average Bonchev–Trinajstić information content (AvgIpc) is 3.49. The molecule has 2 aliphatic rings. The van der Waals surface area contributed by atoms with Crippen LogP contribution >= 0.6 is 0 Å². The Kier molecular flexibility index (Phi) is 6.76. The quantitative estimate of drug-likeness (QED) is 0.406. The Morgan fingerprint density at radius 3 is 2.49 bits per heavy atom. The van der Waals surface area contributed by atoms with Crippen LogP contribution in [-0.4, -0.2) is 12.7 Å². The summed E-state index contributed by atoms with van der Waals surface area (Å²) in [7, 11) is 0. The first kappa shape index (κ1) is 25.0. The SMILES string of the molecule is CCCC(/C(=C/N=O)c1c(C)ccc(NC(=O)C2(c3ccc4c(c3)OCO4)CC2)c1C)C(C)(C)C. The molecule has 0 bridgehead atoms. The highest BCUT2D eigenvalue weighted by Crippen LogP contribution is 2.51. The van der Waals surface area contributed by atoms with E-state index in [2.05, 4.69) is 38.2 Å². The normalized spacial score (nSPS) is 17.1. The second-order valence-corrected chi connectivity index (χ2v) is 10.9. The lowest BCUT2D eigenvalue weighted by molar-refractivity contribution is -0.118. The van der Waals surface area contributed by atoms with Crippen LogP contribution < -0.4 is 14.8 Å². The summed E-state index contributed by atoms with van der Waals surface area (Å²) in [6, 6.07) is 9.74. The van der Waals surface area contributed by atoms with Gasteiger partial charge in [0.25, 0.3) is 0 Å². The number of fused-ring (bicyclic) bond motifs is 1. The van der Waals surface area contributed by atoms with Crippen LogP contribution in [0.4, 0.5) is 5.69 Å². The van der Waals surface area contributed by atoms with Gasteiger partial charge in [0.05, 0.1) is 11.6 Å². The maximum Gasteiger partial charge on any atom is 0.235 e. The van der Waals surface area contributed by atoms with Crippen molar-refractivity contribution >= 4 is 17.2 Å². The molecule has 0 radical (unpaired) electrons. The van der Waals surface area contributed by atoms with Gasteiger partial charge in [0.2, 0.25) is 12.7 Å². The van der Waals surface area contributed by atoms with Crippen LogP contribution in [-0.2, 0) is 10.2 Å². The number of carbonyl (C=O) groups is 1. The van der Waals surface area contributed by atoms with Gasteiger partial charge in [-0.05, 0) is 95.6 Å². The van der Waals surface area contributed by atoms with Crippen LogP contribution in [0.3, 0.4) is 0 Å². The standard InChI is InChI=1S/C29H36N2O4/c1-7-8-22(28(4,5)6)21(16-30-33)26-18(2)9-11-23(19(26)3)31-27(32)29(13-14-29)20-10-12-24-25(15-20)35-17-34-24/h9-12,15-16,22H,7-8,13-14,17H2,1-6H3,(H,31,32)/b21-16-. The van der Waals surface area contributed by atoms with E-state index in [1.165, 1.54) is 6.20 Å². The van der Waals surface area contributed by atoms with Crippen LogP contribution in [0.25, 0.3) is 5.57 Å². The van der Waals surface area contributed by atoms with E-state index in [-0.39, 0.29) is 24.0 Å². The highest BCUT2D eigenvalue weighted by Gasteiger charge is 2.51. The third-order valence-electron chi connectivity index (χ3n) is 7.51. The summed E-state index contributed by atoms with van der Waals surface area (Å²) < 4.78 is 11.0. The summed E-state index contributed by atoms with van der Waals surface area (Å²) in [5, 5.41) is 6.40. The predicted octanol–water partition coefficient (Wildman–Crippen LogP) is 7.27. The first-order chi connectivity index (χ1) is 16.6. The highest BCUT2D eigenvalue weighted by atomic mass is 16.7. The topological polar surface area (TPSA) is 77.0 Å². The Morgan fingerprint density at radius 1 is 1.14 bits per heavy atom. The van der Waals surface area contributed by atoms with E-state index in [1.54, 1.807) is 0 Å². The van der Waals surface area contributed by atoms with Gasteiger partial charge in [-0.1, -0.05) is 46.2 Å². The number of carbonyl (C=O) groups excluding carboxylic acids is 1. The molecule has 1 amide bonds. The van der Waals surface area contributed by atoms with Gasteiger partial charge in [0.1, 0.15) is 0 Å². The number of allylic oxidation sites excluding steroid dienone is 1. The van der Waals surface area contributed by atoms with Crippen LogP contribution in [0.5, 0.6) is 11.5 Å². The van der Waals surface area contributed by atoms with Gasteiger partial charge in [-0.25, -0.2) is 0 Å². The number of anilines is 1. The molecule has 2 aromatic rings. The Morgan fingerprint density at radius 2 is 1.86 bits per heavy atom.